The van der Waals surface area contributed by atoms with Crippen LogP contribution in [-0.4, -0.2) is 45.6 Å². The first-order valence-electron chi connectivity index (χ1n) is 7.74. The Morgan fingerprint density at radius 1 is 1.14 bits per heavy atom. The van der Waals surface area contributed by atoms with Gasteiger partial charge in [0, 0.05) is 50.8 Å². The van der Waals surface area contributed by atoms with Crippen LogP contribution in [-0.2, 0) is 6.54 Å². The van der Waals surface area contributed by atoms with E-state index in [1.807, 2.05) is 18.3 Å². The Morgan fingerprint density at radius 3 is 2.55 bits per heavy atom. The topological polar surface area (TPSA) is 37.2 Å². The number of nitrogens with zero attached hydrogens (tertiary/aromatic N) is 5. The molecule has 1 aliphatic rings. The summed E-state index contributed by atoms with van der Waals surface area (Å²) in [5.41, 5.74) is 0. The average molecular weight is 320 g/mol. The summed E-state index contributed by atoms with van der Waals surface area (Å²) in [5.74, 6) is 2.15. The highest BCUT2D eigenvalue weighted by Gasteiger charge is 2.19. The van der Waals surface area contributed by atoms with Crippen LogP contribution in [0, 0.1) is 0 Å². The van der Waals surface area contributed by atoms with Crippen molar-refractivity contribution in [1.82, 2.24) is 19.4 Å². The van der Waals surface area contributed by atoms with Gasteiger partial charge in [-0.15, -0.1) is 0 Å². The minimum Gasteiger partial charge on any atom is -0.354 e. The summed E-state index contributed by atoms with van der Waals surface area (Å²) < 4.78 is 2.24. The van der Waals surface area contributed by atoms with Gasteiger partial charge in [-0.3, -0.25) is 4.90 Å². The zero-order valence-corrected chi connectivity index (χ0v) is 13.9. The molecule has 2 aromatic rings. The van der Waals surface area contributed by atoms with Gasteiger partial charge in [0.05, 0.1) is 11.6 Å². The van der Waals surface area contributed by atoms with E-state index in [4.69, 9.17) is 11.6 Å². The van der Waals surface area contributed by atoms with Crippen molar-refractivity contribution in [2.45, 2.75) is 26.4 Å². The molecule has 2 aromatic heterocycles. The number of hydrogen-bond donors (Lipinski definition) is 0. The molecular formula is C16H22ClN5. The van der Waals surface area contributed by atoms with Crippen molar-refractivity contribution >= 4 is 17.4 Å². The number of pyridine rings is 1. The molecule has 0 unspecified atom stereocenters. The van der Waals surface area contributed by atoms with Crippen LogP contribution < -0.4 is 4.90 Å². The Morgan fingerprint density at radius 2 is 1.91 bits per heavy atom. The van der Waals surface area contributed by atoms with E-state index in [2.05, 4.69) is 44.4 Å². The molecule has 118 valence electrons. The first kappa shape index (κ1) is 15.3. The van der Waals surface area contributed by atoms with E-state index in [0.29, 0.717) is 11.1 Å². The summed E-state index contributed by atoms with van der Waals surface area (Å²) in [6, 6.07) is 4.34. The Bertz CT molecular complexity index is 599. The third-order valence-corrected chi connectivity index (χ3v) is 4.30. The molecule has 0 bridgehead atoms. The lowest BCUT2D eigenvalue weighted by Gasteiger charge is -2.35. The lowest BCUT2D eigenvalue weighted by Crippen LogP contribution is -2.46. The van der Waals surface area contributed by atoms with Crippen LogP contribution in [0.15, 0.2) is 30.7 Å². The third kappa shape index (κ3) is 3.42. The minimum absolute atomic E-state index is 0.456. The van der Waals surface area contributed by atoms with Gasteiger partial charge in [-0.2, -0.15) is 0 Å². The normalized spacial score (nSPS) is 16.5. The molecule has 0 N–H and O–H groups in total. The standard InChI is InChI=1S/C16H22ClN5/c1-13(2)22-6-5-18-16(22)12-20-7-9-21(10-8-20)15-4-3-14(17)11-19-15/h3-6,11,13H,7-10,12H2,1-2H3. The fourth-order valence-electron chi connectivity index (χ4n) is 2.83. The van der Waals surface area contributed by atoms with Gasteiger partial charge in [0.15, 0.2) is 0 Å². The molecule has 3 rings (SSSR count). The summed E-state index contributed by atoms with van der Waals surface area (Å²) >= 11 is 5.90. The summed E-state index contributed by atoms with van der Waals surface area (Å²) in [6.45, 7) is 9.30. The van der Waals surface area contributed by atoms with E-state index in [-0.39, 0.29) is 0 Å². The zero-order chi connectivity index (χ0) is 15.5. The maximum Gasteiger partial charge on any atom is 0.128 e. The Balaban J connectivity index is 1.57. The van der Waals surface area contributed by atoms with Gasteiger partial charge in [-0.05, 0) is 26.0 Å². The molecule has 0 saturated carbocycles. The Labute approximate surface area is 136 Å². The molecule has 5 nitrogen and oxygen atoms in total. The van der Waals surface area contributed by atoms with Crippen LogP contribution in [0.25, 0.3) is 0 Å². The molecule has 1 fully saturated rings. The van der Waals surface area contributed by atoms with Crippen LogP contribution in [0.1, 0.15) is 25.7 Å². The van der Waals surface area contributed by atoms with Crippen molar-refractivity contribution < 1.29 is 0 Å². The van der Waals surface area contributed by atoms with Crippen molar-refractivity contribution in [1.29, 1.82) is 0 Å². The lowest BCUT2D eigenvalue weighted by atomic mass is 10.3. The fraction of sp³-hybridized carbons (Fsp3) is 0.500. The van der Waals surface area contributed by atoms with Gasteiger partial charge in [-0.1, -0.05) is 11.6 Å². The maximum atomic E-state index is 5.90. The van der Waals surface area contributed by atoms with Crippen molar-refractivity contribution in [2.24, 2.45) is 0 Å². The number of piperazine rings is 1. The third-order valence-electron chi connectivity index (χ3n) is 4.08. The van der Waals surface area contributed by atoms with Gasteiger partial charge >= 0.3 is 0 Å². The number of anilines is 1. The summed E-state index contributed by atoms with van der Waals surface area (Å²) in [5, 5.41) is 0.683. The fourth-order valence-corrected chi connectivity index (χ4v) is 2.94. The Kier molecular flexibility index (Phi) is 4.64. The molecule has 6 heteroatoms. The molecule has 0 amide bonds. The van der Waals surface area contributed by atoms with Gasteiger partial charge < -0.3 is 9.47 Å². The molecule has 0 radical (unpaired) electrons. The number of aromatic nitrogens is 3. The van der Waals surface area contributed by atoms with Crippen LogP contribution in [0.2, 0.25) is 5.02 Å². The van der Waals surface area contributed by atoms with Crippen molar-refractivity contribution in [2.75, 3.05) is 31.1 Å². The molecule has 1 saturated heterocycles. The highest BCUT2D eigenvalue weighted by atomic mass is 35.5. The second-order valence-electron chi connectivity index (χ2n) is 5.94. The number of hydrogen-bond acceptors (Lipinski definition) is 4. The molecule has 22 heavy (non-hydrogen) atoms. The largest absolute Gasteiger partial charge is 0.354 e. The smallest absolute Gasteiger partial charge is 0.128 e. The van der Waals surface area contributed by atoms with E-state index in [1.54, 1.807) is 6.20 Å². The van der Waals surface area contributed by atoms with E-state index in [9.17, 15) is 0 Å². The number of imidazole rings is 1. The van der Waals surface area contributed by atoms with Crippen LogP contribution in [0.5, 0.6) is 0 Å². The van der Waals surface area contributed by atoms with E-state index in [0.717, 1.165) is 44.4 Å². The number of rotatable bonds is 4. The first-order valence-corrected chi connectivity index (χ1v) is 8.12. The summed E-state index contributed by atoms with van der Waals surface area (Å²) in [6.07, 6.45) is 5.67. The highest BCUT2D eigenvalue weighted by molar-refractivity contribution is 6.30. The van der Waals surface area contributed by atoms with Gasteiger partial charge in [-0.25, -0.2) is 9.97 Å². The van der Waals surface area contributed by atoms with E-state index < -0.39 is 0 Å². The molecule has 0 aromatic carbocycles. The zero-order valence-electron chi connectivity index (χ0n) is 13.1. The van der Waals surface area contributed by atoms with Crippen LogP contribution in [0.3, 0.4) is 0 Å². The molecule has 0 aliphatic carbocycles. The maximum absolute atomic E-state index is 5.90. The summed E-state index contributed by atoms with van der Waals surface area (Å²) in [7, 11) is 0. The highest BCUT2D eigenvalue weighted by Crippen LogP contribution is 2.17. The van der Waals surface area contributed by atoms with Crippen molar-refractivity contribution in [3.8, 4) is 0 Å². The molecule has 0 spiro atoms. The molecule has 1 aliphatic heterocycles. The van der Waals surface area contributed by atoms with Crippen LogP contribution in [0.4, 0.5) is 5.82 Å². The van der Waals surface area contributed by atoms with E-state index >= 15 is 0 Å². The Hall–Kier alpha value is -1.59. The van der Waals surface area contributed by atoms with Gasteiger partial charge in [0.2, 0.25) is 0 Å². The van der Waals surface area contributed by atoms with Crippen LogP contribution >= 0.6 is 11.6 Å². The second kappa shape index (κ2) is 6.67. The average Bonchev–Trinajstić information content (AvgIpc) is 2.97. The summed E-state index contributed by atoms with van der Waals surface area (Å²) in [4.78, 5) is 13.7. The lowest BCUT2D eigenvalue weighted by molar-refractivity contribution is 0.239. The molecule has 0 atom stereocenters. The van der Waals surface area contributed by atoms with Gasteiger partial charge in [0.25, 0.3) is 0 Å². The SMILES string of the molecule is CC(C)n1ccnc1CN1CCN(c2ccc(Cl)cn2)CC1. The predicted molar refractivity (Wildman–Crippen MR) is 89.3 cm³/mol. The molecule has 3 heterocycles. The van der Waals surface area contributed by atoms with E-state index in [1.165, 1.54) is 0 Å². The van der Waals surface area contributed by atoms with Gasteiger partial charge in [0.1, 0.15) is 11.6 Å². The molecular weight excluding hydrogens is 298 g/mol. The minimum atomic E-state index is 0.456. The quantitative estimate of drug-likeness (QED) is 0.868. The first-order chi connectivity index (χ1) is 10.6. The predicted octanol–water partition coefficient (Wildman–Crippen LogP) is 2.83. The second-order valence-corrected chi connectivity index (χ2v) is 6.38. The van der Waals surface area contributed by atoms with Crippen molar-refractivity contribution in [3.05, 3.63) is 41.6 Å². The monoisotopic (exact) mass is 319 g/mol. The number of halogens is 1. The van der Waals surface area contributed by atoms with Crippen molar-refractivity contribution in [3.63, 3.8) is 0 Å².